The van der Waals surface area contributed by atoms with E-state index in [-0.39, 0.29) is 0 Å². The lowest BCUT2D eigenvalue weighted by molar-refractivity contribution is 0.178. The van der Waals surface area contributed by atoms with Crippen molar-refractivity contribution in [3.05, 3.63) is 17.6 Å². The molecule has 1 aromatic rings. The maximum absolute atomic E-state index is 9.98. The van der Waals surface area contributed by atoms with Gasteiger partial charge in [0.25, 0.3) is 0 Å². The lowest BCUT2D eigenvalue weighted by atomic mass is 10.1. The van der Waals surface area contributed by atoms with Crippen LogP contribution in [0, 0.1) is 0 Å². The van der Waals surface area contributed by atoms with Crippen LogP contribution >= 0.6 is 0 Å². The Morgan fingerprint density at radius 2 is 1.86 bits per heavy atom. The highest BCUT2D eigenvalue weighted by Crippen LogP contribution is 2.19. The highest BCUT2D eigenvalue weighted by molar-refractivity contribution is 5.52. The summed E-state index contributed by atoms with van der Waals surface area (Å²) >= 11 is 0. The number of unbranched alkanes of at least 4 members (excludes halogenated alkanes) is 2. The zero-order valence-electron chi connectivity index (χ0n) is 12.7. The third-order valence-electron chi connectivity index (χ3n) is 3.89. The zero-order chi connectivity index (χ0) is 15.1. The van der Waals surface area contributed by atoms with Crippen molar-refractivity contribution in [3.8, 4) is 0 Å². The maximum Gasteiger partial charge on any atom is 0.167 e. The van der Waals surface area contributed by atoms with Gasteiger partial charge in [0.05, 0.1) is 0 Å². The number of nitrogen functional groups attached to an aromatic ring is 1. The molecule has 1 aliphatic rings. The lowest BCUT2D eigenvalue weighted by Crippen LogP contribution is -2.32. The Balaban J connectivity index is 2.12. The number of aromatic nitrogens is 1. The monoisotopic (exact) mass is 293 g/mol. The molecular weight excluding hydrogens is 266 g/mol. The molecule has 0 saturated carbocycles. The number of pyridine rings is 1. The number of hydrogen-bond donors (Lipinski definition) is 3. The molecule has 0 radical (unpaired) electrons. The van der Waals surface area contributed by atoms with Crippen LogP contribution in [0.5, 0.6) is 0 Å². The maximum atomic E-state index is 9.98. The molecule has 0 spiro atoms. The van der Waals surface area contributed by atoms with Gasteiger partial charge in [-0.2, -0.15) is 4.73 Å². The second kappa shape index (κ2) is 7.93. The van der Waals surface area contributed by atoms with E-state index in [2.05, 4.69) is 9.89 Å². The Hall–Kier alpha value is -1.69. The molecule has 1 aliphatic heterocycles. The normalized spacial score (nSPS) is 16.4. The van der Waals surface area contributed by atoms with Crippen molar-refractivity contribution in [2.75, 3.05) is 36.8 Å². The highest BCUT2D eigenvalue weighted by Gasteiger charge is 2.12. The highest BCUT2D eigenvalue weighted by atomic mass is 16.5. The molecule has 21 heavy (non-hydrogen) atoms. The Labute approximate surface area is 126 Å². The number of piperidine rings is 1. The van der Waals surface area contributed by atoms with E-state index in [1.54, 1.807) is 0 Å². The summed E-state index contributed by atoms with van der Waals surface area (Å²) in [5.74, 6) is 0.332. The largest absolute Gasteiger partial charge is 0.425 e. The SMILES string of the molecule is NCCCCCN=c1cc(N2CCCCC2)cc(N)n1O. The van der Waals surface area contributed by atoms with E-state index in [0.717, 1.165) is 49.3 Å². The van der Waals surface area contributed by atoms with Crippen LogP contribution in [0.2, 0.25) is 0 Å². The van der Waals surface area contributed by atoms with E-state index >= 15 is 0 Å². The van der Waals surface area contributed by atoms with Crippen molar-refractivity contribution in [2.45, 2.75) is 38.5 Å². The van der Waals surface area contributed by atoms with Crippen LogP contribution in [0.15, 0.2) is 17.1 Å². The number of rotatable bonds is 6. The van der Waals surface area contributed by atoms with Gasteiger partial charge in [-0.05, 0) is 38.6 Å². The second-order valence-corrected chi connectivity index (χ2v) is 5.59. The summed E-state index contributed by atoms with van der Waals surface area (Å²) in [7, 11) is 0. The molecule has 6 nitrogen and oxygen atoms in total. The fourth-order valence-electron chi connectivity index (χ4n) is 2.65. The summed E-state index contributed by atoms with van der Waals surface area (Å²) in [6.45, 7) is 3.50. The quantitative estimate of drug-likeness (QED) is 0.545. The van der Waals surface area contributed by atoms with Gasteiger partial charge in [0.2, 0.25) is 0 Å². The summed E-state index contributed by atoms with van der Waals surface area (Å²) in [6, 6.07) is 3.74. The molecule has 5 N–H and O–H groups in total. The van der Waals surface area contributed by atoms with Crippen LogP contribution in [0.1, 0.15) is 38.5 Å². The molecule has 0 aliphatic carbocycles. The summed E-state index contributed by atoms with van der Waals surface area (Å²) in [4.78, 5) is 6.77. The molecule has 0 unspecified atom stereocenters. The number of nitrogens with zero attached hydrogens (tertiary/aromatic N) is 3. The molecule has 2 rings (SSSR count). The molecule has 1 saturated heterocycles. The topological polar surface area (TPSA) is 92.8 Å². The van der Waals surface area contributed by atoms with Gasteiger partial charge in [0, 0.05) is 37.5 Å². The van der Waals surface area contributed by atoms with Crippen molar-refractivity contribution >= 4 is 11.5 Å². The molecule has 0 bridgehead atoms. The summed E-state index contributed by atoms with van der Waals surface area (Å²) in [6.07, 6.45) is 6.76. The molecule has 118 valence electrons. The first-order valence-electron chi connectivity index (χ1n) is 7.89. The lowest BCUT2D eigenvalue weighted by Gasteiger charge is -2.29. The summed E-state index contributed by atoms with van der Waals surface area (Å²) in [5.41, 5.74) is 12.9. The van der Waals surface area contributed by atoms with Crippen LogP contribution < -0.4 is 21.9 Å². The van der Waals surface area contributed by atoms with Crippen LogP contribution in [-0.4, -0.2) is 36.1 Å². The first kappa shape index (κ1) is 15.7. The van der Waals surface area contributed by atoms with Crippen molar-refractivity contribution in [2.24, 2.45) is 10.7 Å². The minimum Gasteiger partial charge on any atom is -0.425 e. The number of hydrogen-bond acceptors (Lipinski definition) is 5. The van der Waals surface area contributed by atoms with Gasteiger partial charge < -0.3 is 21.6 Å². The van der Waals surface area contributed by atoms with E-state index in [1.807, 2.05) is 12.1 Å². The van der Waals surface area contributed by atoms with Crippen molar-refractivity contribution in [1.29, 1.82) is 0 Å². The molecule has 0 atom stereocenters. The third-order valence-corrected chi connectivity index (χ3v) is 3.89. The fraction of sp³-hybridized carbons (Fsp3) is 0.667. The first-order valence-corrected chi connectivity index (χ1v) is 7.89. The van der Waals surface area contributed by atoms with Gasteiger partial charge in [-0.25, -0.2) is 0 Å². The Bertz CT molecular complexity index is 505. The zero-order valence-corrected chi connectivity index (χ0v) is 12.7. The molecule has 0 aromatic carbocycles. The van der Waals surface area contributed by atoms with Gasteiger partial charge >= 0.3 is 0 Å². The van der Waals surface area contributed by atoms with E-state index in [0.29, 0.717) is 17.9 Å². The van der Waals surface area contributed by atoms with Crippen LogP contribution in [-0.2, 0) is 0 Å². The fourth-order valence-corrected chi connectivity index (χ4v) is 2.65. The number of nitrogens with two attached hydrogens (primary N) is 2. The van der Waals surface area contributed by atoms with Crippen molar-refractivity contribution in [3.63, 3.8) is 0 Å². The van der Waals surface area contributed by atoms with Gasteiger partial charge in [-0.1, -0.05) is 6.42 Å². The number of anilines is 2. The smallest absolute Gasteiger partial charge is 0.167 e. The van der Waals surface area contributed by atoms with E-state index < -0.39 is 0 Å². The summed E-state index contributed by atoms with van der Waals surface area (Å²) < 4.78 is 0.969. The molecular formula is C15H27N5O. The van der Waals surface area contributed by atoms with Crippen molar-refractivity contribution in [1.82, 2.24) is 4.73 Å². The van der Waals surface area contributed by atoms with Gasteiger partial charge in [0.15, 0.2) is 5.49 Å². The van der Waals surface area contributed by atoms with Crippen LogP contribution in [0.25, 0.3) is 0 Å². The average Bonchev–Trinajstić information content (AvgIpc) is 2.51. The third kappa shape index (κ3) is 4.39. The van der Waals surface area contributed by atoms with Crippen LogP contribution in [0.3, 0.4) is 0 Å². The van der Waals surface area contributed by atoms with E-state index in [1.165, 1.54) is 19.3 Å². The molecule has 1 aromatic heterocycles. The Kier molecular flexibility index (Phi) is 5.92. The van der Waals surface area contributed by atoms with Crippen LogP contribution in [0.4, 0.5) is 11.5 Å². The second-order valence-electron chi connectivity index (χ2n) is 5.59. The average molecular weight is 293 g/mol. The minimum absolute atomic E-state index is 0.332. The predicted octanol–water partition coefficient (Wildman–Crippen LogP) is 1.33. The Morgan fingerprint density at radius 1 is 1.10 bits per heavy atom. The molecule has 1 fully saturated rings. The van der Waals surface area contributed by atoms with Crippen molar-refractivity contribution < 1.29 is 5.21 Å². The summed E-state index contributed by atoms with van der Waals surface area (Å²) in [5, 5.41) is 9.98. The van der Waals surface area contributed by atoms with E-state index in [9.17, 15) is 5.21 Å². The Morgan fingerprint density at radius 3 is 2.57 bits per heavy atom. The van der Waals surface area contributed by atoms with E-state index in [4.69, 9.17) is 11.5 Å². The van der Waals surface area contributed by atoms with Gasteiger partial charge in [0.1, 0.15) is 5.82 Å². The minimum atomic E-state index is 0.332. The van der Waals surface area contributed by atoms with Gasteiger partial charge in [-0.15, -0.1) is 0 Å². The molecule has 6 heteroatoms. The molecule has 0 amide bonds. The standard InChI is InChI=1S/C15H27N5O/c16-7-3-1-4-8-18-15-12-13(11-14(17)20(15)21)19-9-5-2-6-10-19/h11-12,21H,1-10,16-17H2. The molecule has 2 heterocycles. The van der Waals surface area contributed by atoms with Gasteiger partial charge in [-0.3, -0.25) is 4.99 Å². The predicted molar refractivity (Wildman–Crippen MR) is 85.4 cm³/mol. The first-order chi connectivity index (χ1) is 10.2.